The first-order chi connectivity index (χ1) is 13.2. The van der Waals surface area contributed by atoms with E-state index in [-0.39, 0.29) is 18.4 Å². The maximum Gasteiger partial charge on any atom is 0.116 e. The molecule has 0 heterocycles. The fraction of sp³-hybridized carbons (Fsp3) is 0.280. The maximum atomic E-state index is 12.0. The molecule has 0 saturated heterocycles. The molecule has 0 aromatic heterocycles. The van der Waals surface area contributed by atoms with Gasteiger partial charge in [0.1, 0.15) is 5.60 Å². The van der Waals surface area contributed by atoms with E-state index in [1.54, 1.807) is 0 Å². The van der Waals surface area contributed by atoms with Crippen molar-refractivity contribution in [3.63, 3.8) is 0 Å². The van der Waals surface area contributed by atoms with Gasteiger partial charge in [0.25, 0.3) is 0 Å². The van der Waals surface area contributed by atoms with Gasteiger partial charge in [0, 0.05) is 12.5 Å². The Balaban J connectivity index is 0.00000280. The zero-order chi connectivity index (χ0) is 19.1. The smallest absolute Gasteiger partial charge is 0.116 e. The monoisotopic (exact) mass is 395 g/mol. The number of nitrogens with zero attached hydrogens (tertiary/aromatic N) is 1. The van der Waals surface area contributed by atoms with Crippen molar-refractivity contribution >= 4 is 12.4 Å². The Bertz CT molecular complexity index is 764. The van der Waals surface area contributed by atoms with Crippen LogP contribution in [0.25, 0.3) is 0 Å². The lowest BCUT2D eigenvalue weighted by Gasteiger charge is -2.38. The molecule has 0 bridgehead atoms. The number of hydrogen-bond acceptors (Lipinski definition) is 2. The number of aliphatic hydroxyl groups is 1. The van der Waals surface area contributed by atoms with Gasteiger partial charge in [-0.3, -0.25) is 4.90 Å². The summed E-state index contributed by atoms with van der Waals surface area (Å²) < 4.78 is 0. The van der Waals surface area contributed by atoms with Crippen LogP contribution in [0.4, 0.5) is 0 Å². The van der Waals surface area contributed by atoms with Crippen molar-refractivity contribution in [2.75, 3.05) is 13.1 Å². The minimum atomic E-state index is -1.05. The van der Waals surface area contributed by atoms with Crippen molar-refractivity contribution in [1.82, 2.24) is 4.90 Å². The Morgan fingerprint density at radius 3 is 1.50 bits per heavy atom. The molecule has 0 spiro atoms. The van der Waals surface area contributed by atoms with Gasteiger partial charge in [-0.05, 0) is 29.8 Å². The quantitative estimate of drug-likeness (QED) is 0.519. The molecule has 0 aliphatic heterocycles. The number of rotatable bonds is 8. The molecule has 3 aromatic carbocycles. The molecule has 0 saturated carbocycles. The molecule has 0 aliphatic rings. The lowest BCUT2D eigenvalue weighted by molar-refractivity contribution is 0.0340. The van der Waals surface area contributed by atoms with Gasteiger partial charge in [-0.1, -0.05) is 105 Å². The van der Waals surface area contributed by atoms with Crippen LogP contribution in [0.3, 0.4) is 0 Å². The summed E-state index contributed by atoms with van der Waals surface area (Å²) in [5.74, 6) is 0. The predicted octanol–water partition coefficient (Wildman–Crippen LogP) is 5.82. The van der Waals surface area contributed by atoms with Gasteiger partial charge >= 0.3 is 0 Å². The summed E-state index contributed by atoms with van der Waals surface area (Å²) in [4.78, 5) is 2.42. The van der Waals surface area contributed by atoms with Crippen LogP contribution < -0.4 is 0 Å². The predicted molar refractivity (Wildman–Crippen MR) is 120 cm³/mol. The van der Waals surface area contributed by atoms with Crippen LogP contribution in [0.5, 0.6) is 0 Å². The summed E-state index contributed by atoms with van der Waals surface area (Å²) in [5.41, 5.74) is 2.06. The van der Waals surface area contributed by atoms with Crippen molar-refractivity contribution in [2.24, 2.45) is 0 Å². The molecule has 3 aromatic rings. The van der Waals surface area contributed by atoms with Crippen LogP contribution in [-0.4, -0.2) is 23.1 Å². The molecule has 0 aliphatic carbocycles. The Hall–Kier alpha value is -2.13. The summed E-state index contributed by atoms with van der Waals surface area (Å²) in [6.07, 6.45) is 0.604. The zero-order valence-electron chi connectivity index (χ0n) is 16.7. The minimum absolute atomic E-state index is 0. The van der Waals surface area contributed by atoms with Gasteiger partial charge < -0.3 is 5.11 Å². The third-order valence-electron chi connectivity index (χ3n) is 5.43. The van der Waals surface area contributed by atoms with Crippen LogP contribution >= 0.6 is 12.4 Å². The summed E-state index contributed by atoms with van der Waals surface area (Å²) in [5, 5.41) is 12.0. The van der Waals surface area contributed by atoms with E-state index in [1.165, 1.54) is 5.56 Å². The van der Waals surface area contributed by atoms with Gasteiger partial charge in [0.15, 0.2) is 0 Å². The van der Waals surface area contributed by atoms with Crippen LogP contribution in [0.2, 0.25) is 0 Å². The van der Waals surface area contributed by atoms with E-state index in [4.69, 9.17) is 0 Å². The third kappa shape index (κ3) is 4.82. The van der Waals surface area contributed by atoms with Gasteiger partial charge in [0.05, 0.1) is 0 Å². The Labute approximate surface area is 175 Å². The second-order valence-electron chi connectivity index (χ2n) is 6.94. The van der Waals surface area contributed by atoms with E-state index in [0.717, 1.165) is 24.2 Å². The highest BCUT2D eigenvalue weighted by Crippen LogP contribution is 2.40. The molecule has 0 amide bonds. The Morgan fingerprint density at radius 1 is 0.714 bits per heavy atom. The number of benzene rings is 3. The van der Waals surface area contributed by atoms with Gasteiger partial charge in [0.2, 0.25) is 0 Å². The summed E-state index contributed by atoms with van der Waals surface area (Å²) in [6, 6.07) is 30.7. The second kappa shape index (κ2) is 10.4. The molecule has 3 rings (SSSR count). The highest BCUT2D eigenvalue weighted by atomic mass is 35.5. The van der Waals surface area contributed by atoms with Gasteiger partial charge in [-0.2, -0.15) is 0 Å². The summed E-state index contributed by atoms with van der Waals surface area (Å²) in [7, 11) is 0. The molecule has 3 heteroatoms. The lowest BCUT2D eigenvalue weighted by Crippen LogP contribution is -2.37. The SMILES string of the molecule is CCN(CC)C(CC(O)(c1ccccc1)c1ccccc1)c1ccccc1.Cl. The van der Waals surface area contributed by atoms with E-state index in [9.17, 15) is 5.11 Å². The average Bonchev–Trinajstić information content (AvgIpc) is 2.75. The summed E-state index contributed by atoms with van der Waals surface area (Å²) >= 11 is 0. The van der Waals surface area contributed by atoms with Crippen molar-refractivity contribution in [2.45, 2.75) is 31.9 Å². The molecule has 1 atom stereocenters. The third-order valence-corrected chi connectivity index (χ3v) is 5.43. The van der Waals surface area contributed by atoms with E-state index >= 15 is 0 Å². The van der Waals surface area contributed by atoms with E-state index < -0.39 is 5.60 Å². The molecular weight excluding hydrogens is 366 g/mol. The second-order valence-corrected chi connectivity index (χ2v) is 6.94. The topological polar surface area (TPSA) is 23.5 Å². The molecule has 2 nitrogen and oxygen atoms in total. The maximum absolute atomic E-state index is 12.0. The van der Waals surface area contributed by atoms with E-state index in [0.29, 0.717) is 6.42 Å². The first kappa shape index (κ1) is 22.2. The normalized spacial score (nSPS) is 12.4. The van der Waals surface area contributed by atoms with Gasteiger partial charge in [-0.15, -0.1) is 12.4 Å². The van der Waals surface area contributed by atoms with Crippen molar-refractivity contribution in [3.8, 4) is 0 Å². The standard InChI is InChI=1S/C25H29NO.ClH/c1-3-26(4-2)24(21-14-8-5-9-15-21)20-25(27,22-16-10-6-11-17-22)23-18-12-7-13-19-23;/h5-19,24,27H,3-4,20H2,1-2H3;1H. The van der Waals surface area contributed by atoms with Crippen LogP contribution in [0.15, 0.2) is 91.0 Å². The molecule has 0 radical (unpaired) electrons. The molecule has 1 unspecified atom stereocenters. The highest BCUT2D eigenvalue weighted by Gasteiger charge is 2.36. The zero-order valence-corrected chi connectivity index (χ0v) is 17.5. The molecule has 1 N–H and O–H groups in total. The van der Waals surface area contributed by atoms with E-state index in [2.05, 4.69) is 43.0 Å². The largest absolute Gasteiger partial charge is 0.380 e. The summed E-state index contributed by atoms with van der Waals surface area (Å²) in [6.45, 7) is 6.25. The minimum Gasteiger partial charge on any atom is -0.380 e. The fourth-order valence-corrected chi connectivity index (χ4v) is 3.91. The van der Waals surface area contributed by atoms with Crippen LogP contribution in [-0.2, 0) is 5.60 Å². The Morgan fingerprint density at radius 2 is 1.11 bits per heavy atom. The van der Waals surface area contributed by atoms with Crippen molar-refractivity contribution in [3.05, 3.63) is 108 Å². The number of halogens is 1. The molecule has 28 heavy (non-hydrogen) atoms. The number of hydrogen-bond donors (Lipinski definition) is 1. The van der Waals surface area contributed by atoms with Gasteiger partial charge in [-0.25, -0.2) is 0 Å². The first-order valence-corrected chi connectivity index (χ1v) is 9.81. The Kier molecular flexibility index (Phi) is 8.25. The lowest BCUT2D eigenvalue weighted by atomic mass is 9.79. The molecule has 148 valence electrons. The highest BCUT2D eigenvalue weighted by molar-refractivity contribution is 5.85. The van der Waals surface area contributed by atoms with Crippen LogP contribution in [0.1, 0.15) is 43.0 Å². The molecule has 0 fully saturated rings. The fourth-order valence-electron chi connectivity index (χ4n) is 3.91. The van der Waals surface area contributed by atoms with E-state index in [1.807, 2.05) is 66.7 Å². The molecular formula is C25H30ClNO. The first-order valence-electron chi connectivity index (χ1n) is 9.81. The average molecular weight is 396 g/mol. The van der Waals surface area contributed by atoms with Crippen molar-refractivity contribution < 1.29 is 5.11 Å². The van der Waals surface area contributed by atoms with Crippen molar-refractivity contribution in [1.29, 1.82) is 0 Å². The van der Waals surface area contributed by atoms with Crippen LogP contribution in [0, 0.1) is 0 Å².